The molecular weight excluding hydrogens is 554 g/mol. The van der Waals surface area contributed by atoms with Gasteiger partial charge in [0, 0.05) is 37.3 Å². The quantitative estimate of drug-likeness (QED) is 0.319. The number of thiazole rings is 1. The lowest BCUT2D eigenvalue weighted by Gasteiger charge is -2.26. The highest BCUT2D eigenvalue weighted by Crippen LogP contribution is 2.42. The number of carbonyl (C=O) groups is 2. The van der Waals surface area contributed by atoms with Gasteiger partial charge in [-0.2, -0.15) is 4.39 Å². The molecule has 1 aliphatic heterocycles. The molecule has 0 spiro atoms. The van der Waals surface area contributed by atoms with E-state index in [1.807, 2.05) is 18.0 Å². The number of halogens is 2. The van der Waals surface area contributed by atoms with E-state index in [1.165, 1.54) is 18.0 Å². The van der Waals surface area contributed by atoms with E-state index in [0.29, 0.717) is 65.1 Å². The van der Waals surface area contributed by atoms with Crippen LogP contribution in [0.3, 0.4) is 0 Å². The van der Waals surface area contributed by atoms with Crippen molar-refractivity contribution < 1.29 is 33.0 Å². The van der Waals surface area contributed by atoms with E-state index in [2.05, 4.69) is 9.97 Å². The smallest absolute Gasteiger partial charge is 0.304 e. The Kier molecular flexibility index (Phi) is 8.67. The molecule has 0 radical (unpaired) electrons. The van der Waals surface area contributed by atoms with Gasteiger partial charge in [0.1, 0.15) is 18.1 Å². The van der Waals surface area contributed by atoms with Crippen molar-refractivity contribution in [3.8, 4) is 33.9 Å². The molecule has 41 heavy (non-hydrogen) atoms. The Morgan fingerprint density at radius 2 is 2.05 bits per heavy atom. The van der Waals surface area contributed by atoms with Gasteiger partial charge in [0.2, 0.25) is 17.9 Å². The highest BCUT2D eigenvalue weighted by Gasteiger charge is 2.32. The molecular formula is C29H32F2N4O5S. The number of aromatic nitrogens is 2. The van der Waals surface area contributed by atoms with Crippen molar-refractivity contribution in [2.24, 2.45) is 11.8 Å². The zero-order valence-corrected chi connectivity index (χ0v) is 23.8. The van der Waals surface area contributed by atoms with Crippen LogP contribution in [0.5, 0.6) is 11.5 Å². The molecule has 2 aliphatic rings. The Morgan fingerprint density at radius 3 is 2.78 bits per heavy atom. The maximum absolute atomic E-state index is 15.6. The van der Waals surface area contributed by atoms with Gasteiger partial charge in [-0.15, -0.1) is 0 Å². The first-order valence-corrected chi connectivity index (χ1v) is 14.4. The molecule has 0 unspecified atom stereocenters. The Morgan fingerprint density at radius 1 is 1.27 bits per heavy atom. The second-order valence-electron chi connectivity index (χ2n) is 10.5. The summed E-state index contributed by atoms with van der Waals surface area (Å²) in [5.74, 6) is -0.428. The second kappa shape index (κ2) is 12.4. The summed E-state index contributed by atoms with van der Waals surface area (Å²) in [5, 5.41) is 8.90. The van der Waals surface area contributed by atoms with Gasteiger partial charge in [-0.3, -0.25) is 14.5 Å². The summed E-state index contributed by atoms with van der Waals surface area (Å²) in [6, 6.07) is 6.56. The van der Waals surface area contributed by atoms with Gasteiger partial charge in [-0.05, 0) is 42.2 Å². The predicted molar refractivity (Wildman–Crippen MR) is 152 cm³/mol. The maximum atomic E-state index is 15.6. The number of aliphatic carboxylic acids is 1. The van der Waals surface area contributed by atoms with Crippen molar-refractivity contribution in [3.05, 3.63) is 35.6 Å². The molecule has 3 aromatic rings. The molecule has 12 heteroatoms. The number of pyridine rings is 1. The normalized spacial score (nSPS) is 15.8. The lowest BCUT2D eigenvalue weighted by molar-refractivity contribution is -0.140. The van der Waals surface area contributed by atoms with Crippen LogP contribution in [0.2, 0.25) is 0 Å². The van der Waals surface area contributed by atoms with Crippen LogP contribution in [0.15, 0.2) is 30.5 Å². The highest BCUT2D eigenvalue weighted by molar-refractivity contribution is 7.14. The Balaban J connectivity index is 1.49. The average molecular weight is 587 g/mol. The molecule has 1 N–H and O–H groups in total. The summed E-state index contributed by atoms with van der Waals surface area (Å²) >= 11 is 0.689. The largest absolute Gasteiger partial charge is 0.488 e. The number of carboxylic acids is 1. The number of fused-ring (bicyclic) bond motifs is 1. The van der Waals surface area contributed by atoms with Crippen LogP contribution in [0, 0.1) is 17.0 Å². The van der Waals surface area contributed by atoms with Gasteiger partial charge < -0.3 is 19.5 Å². The summed E-state index contributed by atoms with van der Waals surface area (Å²) in [6.07, 6.45) is 5.93. The van der Waals surface area contributed by atoms with E-state index < -0.39 is 29.8 Å². The van der Waals surface area contributed by atoms with Crippen molar-refractivity contribution in [2.45, 2.75) is 38.5 Å². The molecule has 0 saturated heterocycles. The minimum atomic E-state index is -1.06. The molecule has 0 bridgehead atoms. The predicted octanol–water partition coefficient (Wildman–Crippen LogP) is 5.78. The SMILES string of the molecule is CN1CCOc2cc(-c3ccc(OCF)cc3-c3nc(N(C)C(=O)[C@@H](CC(=O)O)CC4CCCC4)sc3F)cnc21. The van der Waals surface area contributed by atoms with Crippen LogP contribution in [0.1, 0.15) is 38.5 Å². The van der Waals surface area contributed by atoms with Crippen molar-refractivity contribution >= 4 is 34.2 Å². The first-order chi connectivity index (χ1) is 19.7. The number of likely N-dealkylation sites (N-methyl/N-ethyl adjacent to an activating group) is 1. The highest BCUT2D eigenvalue weighted by atomic mass is 32.1. The summed E-state index contributed by atoms with van der Waals surface area (Å²) in [6.45, 7) is 0.138. The van der Waals surface area contributed by atoms with Gasteiger partial charge in [-0.1, -0.05) is 37.0 Å². The topological polar surface area (TPSA) is 105 Å². The average Bonchev–Trinajstić information content (AvgIpc) is 3.61. The van der Waals surface area contributed by atoms with Crippen LogP contribution in [0.25, 0.3) is 22.4 Å². The summed E-state index contributed by atoms with van der Waals surface area (Å²) in [7, 11) is 3.40. The molecule has 218 valence electrons. The lowest BCUT2D eigenvalue weighted by Crippen LogP contribution is -2.35. The van der Waals surface area contributed by atoms with Crippen LogP contribution in [-0.2, 0) is 9.59 Å². The van der Waals surface area contributed by atoms with E-state index >= 15 is 4.39 Å². The first-order valence-electron chi connectivity index (χ1n) is 13.6. The number of anilines is 2. The Labute approximate surface area is 240 Å². The zero-order chi connectivity index (χ0) is 29.1. The van der Waals surface area contributed by atoms with Crippen LogP contribution in [-0.4, -0.2) is 61.1 Å². The molecule has 1 fully saturated rings. The standard InChI is InChI=1S/C29H32F2N4O5S/c1-34-9-10-39-23-12-19(15-32-27(23)34)21-8-7-20(40-16-30)14-22(21)25-26(31)41-29(33-25)35(2)28(38)18(13-24(36)37)11-17-5-3-4-6-17/h7-8,12,14-15,17-18H,3-6,9-11,13,16H2,1-2H3,(H,36,37)/t18-/m1/s1. The molecule has 3 heterocycles. The van der Waals surface area contributed by atoms with Gasteiger partial charge in [-0.25, -0.2) is 14.4 Å². The molecule has 5 rings (SSSR count). The first kappa shape index (κ1) is 28.7. The van der Waals surface area contributed by atoms with Crippen LogP contribution < -0.4 is 19.3 Å². The second-order valence-corrected chi connectivity index (χ2v) is 11.4. The monoisotopic (exact) mass is 586 g/mol. The van der Waals surface area contributed by atoms with Gasteiger partial charge in [0.25, 0.3) is 0 Å². The summed E-state index contributed by atoms with van der Waals surface area (Å²) in [5.41, 5.74) is 1.50. The number of benzene rings is 1. The lowest BCUT2D eigenvalue weighted by atomic mass is 9.90. The van der Waals surface area contributed by atoms with Gasteiger partial charge in [0.05, 0.1) is 13.0 Å². The number of carboxylic acid groups (broad SMARTS) is 1. The number of alkyl halides is 1. The fraction of sp³-hybridized carbons (Fsp3) is 0.448. The molecule has 1 saturated carbocycles. The minimum Gasteiger partial charge on any atom is -0.488 e. The van der Waals surface area contributed by atoms with E-state index in [1.54, 1.807) is 18.3 Å². The van der Waals surface area contributed by atoms with Crippen LogP contribution >= 0.6 is 11.3 Å². The Hall–Kier alpha value is -3.80. The van der Waals surface area contributed by atoms with Gasteiger partial charge in [0.15, 0.2) is 16.7 Å². The number of hydrogen-bond donors (Lipinski definition) is 1. The third-order valence-corrected chi connectivity index (χ3v) is 8.63. The molecule has 1 aromatic carbocycles. The fourth-order valence-corrected chi connectivity index (χ4v) is 6.38. The van der Waals surface area contributed by atoms with Crippen molar-refractivity contribution in [1.82, 2.24) is 9.97 Å². The summed E-state index contributed by atoms with van der Waals surface area (Å²) < 4.78 is 39.4. The summed E-state index contributed by atoms with van der Waals surface area (Å²) in [4.78, 5) is 37.2. The molecule has 1 aliphatic carbocycles. The van der Waals surface area contributed by atoms with E-state index in [-0.39, 0.29) is 23.0 Å². The maximum Gasteiger partial charge on any atom is 0.304 e. The minimum absolute atomic E-state index is 0.0368. The van der Waals surface area contributed by atoms with Crippen molar-refractivity contribution in [3.63, 3.8) is 0 Å². The van der Waals surface area contributed by atoms with Crippen LogP contribution in [0.4, 0.5) is 19.7 Å². The van der Waals surface area contributed by atoms with Crippen molar-refractivity contribution in [2.75, 3.05) is 43.9 Å². The molecule has 1 atom stereocenters. The van der Waals surface area contributed by atoms with Gasteiger partial charge >= 0.3 is 5.97 Å². The van der Waals surface area contributed by atoms with E-state index in [0.717, 1.165) is 25.7 Å². The third-order valence-electron chi connectivity index (χ3n) is 7.71. The van der Waals surface area contributed by atoms with E-state index in [9.17, 15) is 19.1 Å². The fourth-order valence-electron chi connectivity index (χ4n) is 5.60. The number of hydrogen-bond acceptors (Lipinski definition) is 8. The number of nitrogens with zero attached hydrogens (tertiary/aromatic N) is 4. The number of rotatable bonds is 10. The molecule has 9 nitrogen and oxygen atoms in total. The molecule has 1 amide bonds. The Bertz CT molecular complexity index is 1430. The number of ether oxygens (including phenoxy) is 2. The number of carbonyl (C=O) groups excluding carboxylic acids is 1. The van der Waals surface area contributed by atoms with Crippen molar-refractivity contribution in [1.29, 1.82) is 0 Å². The van der Waals surface area contributed by atoms with E-state index in [4.69, 9.17) is 9.47 Å². The molecule has 2 aromatic heterocycles. The third kappa shape index (κ3) is 6.27. The number of amides is 1. The zero-order valence-electron chi connectivity index (χ0n) is 22.9.